The third-order valence-electron chi connectivity index (χ3n) is 6.27. The Morgan fingerprint density at radius 1 is 0.829 bits per heavy atom. The lowest BCUT2D eigenvalue weighted by molar-refractivity contribution is 0.0991. The average Bonchev–Trinajstić information content (AvgIpc) is 3.00. The molecule has 41 heavy (non-hydrogen) atoms. The van der Waals surface area contributed by atoms with Gasteiger partial charge in [0.15, 0.2) is 0 Å². The normalized spacial score (nSPS) is 12.2. The van der Waals surface area contributed by atoms with Crippen LogP contribution in [0, 0.1) is 0 Å². The molecule has 4 aromatic carbocycles. The minimum Gasteiger partial charge on any atom is -0.491 e. The molecular formula is C33H34N2O6. The molecule has 4 aromatic rings. The highest BCUT2D eigenvalue weighted by atomic mass is 16.5. The summed E-state index contributed by atoms with van der Waals surface area (Å²) in [5.41, 5.74) is 8.51. The van der Waals surface area contributed by atoms with Crippen molar-refractivity contribution in [3.63, 3.8) is 0 Å². The molecule has 2 atom stereocenters. The first-order chi connectivity index (χ1) is 20.0. The van der Waals surface area contributed by atoms with Gasteiger partial charge in [-0.25, -0.2) is 0 Å². The lowest BCUT2D eigenvalue weighted by Crippen LogP contribution is -2.38. The van der Waals surface area contributed by atoms with Gasteiger partial charge in [0.1, 0.15) is 49.0 Å². The smallest absolute Gasteiger partial charge is 0.252 e. The number of hydrogen-bond donors (Lipinski definition) is 3. The van der Waals surface area contributed by atoms with Crippen LogP contribution in [-0.4, -0.2) is 49.2 Å². The van der Waals surface area contributed by atoms with Crippen LogP contribution in [0.1, 0.15) is 31.8 Å². The number of aldehydes is 1. The van der Waals surface area contributed by atoms with Crippen molar-refractivity contribution in [1.29, 1.82) is 0 Å². The Bertz CT molecular complexity index is 1380. The standard InChI is InChI=1S/C33H34N2O6/c34-33(38)31-18-29(15-16-32(31)40-22-26-9-5-2-6-10-26)41-30(17-24-7-3-1-4-8-24)20-35-19-27(37)23-39-28-13-11-25(21-36)12-14-28/h1-16,18,21,27,30,35,37H,17,19-20,22-23H2,(H2,34,38). The number of ether oxygens (including phenoxy) is 3. The molecule has 0 saturated heterocycles. The van der Waals surface area contributed by atoms with E-state index in [1.807, 2.05) is 60.7 Å². The van der Waals surface area contributed by atoms with E-state index in [4.69, 9.17) is 19.9 Å². The fourth-order valence-corrected chi connectivity index (χ4v) is 4.17. The second-order valence-electron chi connectivity index (χ2n) is 9.54. The average molecular weight is 555 g/mol. The van der Waals surface area contributed by atoms with Crippen molar-refractivity contribution in [1.82, 2.24) is 5.32 Å². The lowest BCUT2D eigenvalue weighted by Gasteiger charge is -2.22. The summed E-state index contributed by atoms with van der Waals surface area (Å²) in [4.78, 5) is 23.0. The van der Waals surface area contributed by atoms with Gasteiger partial charge < -0.3 is 30.4 Å². The van der Waals surface area contributed by atoms with Gasteiger partial charge in [0.25, 0.3) is 5.91 Å². The minimum atomic E-state index is -0.763. The summed E-state index contributed by atoms with van der Waals surface area (Å²) >= 11 is 0. The van der Waals surface area contributed by atoms with Crippen LogP contribution < -0.4 is 25.3 Å². The van der Waals surface area contributed by atoms with Gasteiger partial charge in [0.2, 0.25) is 0 Å². The number of rotatable bonds is 16. The van der Waals surface area contributed by atoms with Crippen molar-refractivity contribution < 1.29 is 28.9 Å². The summed E-state index contributed by atoms with van der Waals surface area (Å²) in [6.07, 6.45) is 0.292. The summed E-state index contributed by atoms with van der Waals surface area (Å²) in [7, 11) is 0. The number of hydrogen-bond acceptors (Lipinski definition) is 7. The highest BCUT2D eigenvalue weighted by Gasteiger charge is 2.17. The molecule has 8 nitrogen and oxygen atoms in total. The van der Waals surface area contributed by atoms with Gasteiger partial charge in [-0.15, -0.1) is 0 Å². The number of aliphatic hydroxyl groups excluding tert-OH is 1. The fourth-order valence-electron chi connectivity index (χ4n) is 4.17. The van der Waals surface area contributed by atoms with E-state index in [1.54, 1.807) is 42.5 Å². The molecule has 0 aliphatic heterocycles. The maximum absolute atomic E-state index is 12.2. The molecule has 0 aromatic heterocycles. The van der Waals surface area contributed by atoms with Crippen molar-refractivity contribution in [2.75, 3.05) is 19.7 Å². The van der Waals surface area contributed by atoms with E-state index in [1.165, 1.54) is 0 Å². The Balaban J connectivity index is 1.36. The van der Waals surface area contributed by atoms with Crippen LogP contribution in [0.25, 0.3) is 0 Å². The summed E-state index contributed by atoms with van der Waals surface area (Å²) in [6, 6.07) is 31.3. The number of benzene rings is 4. The molecule has 0 heterocycles. The van der Waals surface area contributed by atoms with Crippen LogP contribution >= 0.6 is 0 Å². The summed E-state index contributed by atoms with van der Waals surface area (Å²) in [5, 5.41) is 13.7. The Morgan fingerprint density at radius 3 is 2.15 bits per heavy atom. The number of carbonyl (C=O) groups is 2. The van der Waals surface area contributed by atoms with Crippen molar-refractivity contribution in [3.8, 4) is 17.2 Å². The summed E-state index contributed by atoms with van der Waals surface area (Å²) in [5.74, 6) is 0.827. The van der Waals surface area contributed by atoms with Gasteiger partial charge in [0.05, 0.1) is 5.56 Å². The molecule has 4 rings (SSSR count). The van der Waals surface area contributed by atoms with Gasteiger partial charge in [-0.05, 0) is 53.6 Å². The van der Waals surface area contributed by atoms with Crippen LogP contribution in [0.5, 0.6) is 17.2 Å². The molecule has 4 N–H and O–H groups in total. The van der Waals surface area contributed by atoms with Crippen molar-refractivity contribution in [2.45, 2.75) is 25.2 Å². The lowest BCUT2D eigenvalue weighted by atomic mass is 10.1. The maximum atomic E-state index is 12.2. The minimum absolute atomic E-state index is 0.0874. The molecule has 0 aliphatic carbocycles. The first kappa shape index (κ1) is 29.3. The summed E-state index contributed by atoms with van der Waals surface area (Å²) in [6.45, 7) is 1.10. The molecule has 2 unspecified atom stereocenters. The molecule has 0 fully saturated rings. The van der Waals surface area contributed by atoms with Crippen molar-refractivity contribution in [2.24, 2.45) is 5.73 Å². The number of primary amides is 1. The van der Waals surface area contributed by atoms with Crippen LogP contribution in [0.4, 0.5) is 0 Å². The van der Waals surface area contributed by atoms with Crippen molar-refractivity contribution in [3.05, 3.63) is 125 Å². The van der Waals surface area contributed by atoms with Crippen LogP contribution in [-0.2, 0) is 13.0 Å². The van der Waals surface area contributed by atoms with Crippen LogP contribution in [0.2, 0.25) is 0 Å². The Hall–Kier alpha value is -4.66. The van der Waals surface area contributed by atoms with Crippen LogP contribution in [0.15, 0.2) is 103 Å². The maximum Gasteiger partial charge on any atom is 0.252 e. The van der Waals surface area contributed by atoms with Gasteiger partial charge in [0, 0.05) is 25.1 Å². The predicted molar refractivity (Wildman–Crippen MR) is 156 cm³/mol. The van der Waals surface area contributed by atoms with E-state index in [-0.39, 0.29) is 24.8 Å². The Kier molecular flexibility index (Phi) is 10.9. The number of carbonyl (C=O) groups excluding carboxylic acids is 2. The molecule has 0 bridgehead atoms. The molecule has 0 spiro atoms. The fraction of sp³-hybridized carbons (Fsp3) is 0.212. The molecule has 1 amide bonds. The second-order valence-corrected chi connectivity index (χ2v) is 9.54. The van der Waals surface area contributed by atoms with Gasteiger partial charge in [-0.1, -0.05) is 60.7 Å². The topological polar surface area (TPSA) is 120 Å². The van der Waals surface area contributed by atoms with E-state index in [0.29, 0.717) is 42.4 Å². The third-order valence-corrected chi connectivity index (χ3v) is 6.27. The predicted octanol–water partition coefficient (Wildman–Crippen LogP) is 4.20. The number of amides is 1. The van der Waals surface area contributed by atoms with E-state index in [2.05, 4.69) is 5.32 Å². The van der Waals surface area contributed by atoms with Gasteiger partial charge >= 0.3 is 0 Å². The summed E-state index contributed by atoms with van der Waals surface area (Å²) < 4.78 is 17.8. The van der Waals surface area contributed by atoms with Crippen LogP contribution in [0.3, 0.4) is 0 Å². The van der Waals surface area contributed by atoms with Crippen molar-refractivity contribution >= 4 is 12.2 Å². The highest BCUT2D eigenvalue weighted by molar-refractivity contribution is 5.96. The van der Waals surface area contributed by atoms with E-state index in [0.717, 1.165) is 17.4 Å². The zero-order valence-corrected chi connectivity index (χ0v) is 22.6. The number of nitrogens with two attached hydrogens (primary N) is 1. The third kappa shape index (κ3) is 9.49. The Morgan fingerprint density at radius 2 is 1.49 bits per heavy atom. The first-order valence-electron chi connectivity index (χ1n) is 13.4. The largest absolute Gasteiger partial charge is 0.491 e. The zero-order valence-electron chi connectivity index (χ0n) is 22.6. The quantitative estimate of drug-likeness (QED) is 0.178. The van der Waals surface area contributed by atoms with E-state index >= 15 is 0 Å². The molecule has 0 radical (unpaired) electrons. The van der Waals surface area contributed by atoms with E-state index < -0.39 is 12.0 Å². The molecule has 0 saturated carbocycles. The second kappa shape index (κ2) is 15.2. The number of nitrogens with one attached hydrogen (secondary N) is 1. The SMILES string of the molecule is NC(=O)c1cc(OC(CNCC(O)COc2ccc(C=O)cc2)Cc2ccccc2)ccc1OCc1ccccc1. The zero-order chi connectivity index (χ0) is 28.9. The first-order valence-corrected chi connectivity index (χ1v) is 13.4. The molecule has 212 valence electrons. The van der Waals surface area contributed by atoms with E-state index in [9.17, 15) is 14.7 Å². The molecule has 8 heteroatoms. The monoisotopic (exact) mass is 554 g/mol. The van der Waals surface area contributed by atoms with Gasteiger partial charge in [-0.2, -0.15) is 0 Å². The van der Waals surface area contributed by atoms with Gasteiger partial charge in [-0.3, -0.25) is 9.59 Å². The highest BCUT2D eigenvalue weighted by Crippen LogP contribution is 2.26. The number of aliphatic hydroxyl groups is 1. The molecule has 0 aliphatic rings. The molecular weight excluding hydrogens is 520 g/mol. The Labute approximate surface area is 239 Å².